The third-order valence-corrected chi connectivity index (χ3v) is 7.64. The third-order valence-electron chi connectivity index (χ3n) is 7.64. The zero-order chi connectivity index (χ0) is 29.4. The molecule has 0 spiro atoms. The van der Waals surface area contributed by atoms with Crippen molar-refractivity contribution >= 4 is 17.5 Å². The number of imidazole rings is 1. The molecular formula is C27H30F5N7O2. The van der Waals surface area contributed by atoms with Crippen LogP contribution in [0.1, 0.15) is 90.8 Å². The fourth-order valence-electron chi connectivity index (χ4n) is 5.28. The number of alkyl halides is 5. The number of fused-ring (bicyclic) bond motifs is 1. The van der Waals surface area contributed by atoms with Crippen LogP contribution in [0.4, 0.5) is 22.0 Å². The van der Waals surface area contributed by atoms with Crippen LogP contribution in [0.15, 0.2) is 30.7 Å². The Bertz CT molecular complexity index is 1410. The van der Waals surface area contributed by atoms with Gasteiger partial charge < -0.3 is 10.6 Å². The largest absolute Gasteiger partial charge is 0.389 e. The van der Waals surface area contributed by atoms with E-state index in [1.807, 2.05) is 0 Å². The highest BCUT2D eigenvalue weighted by Crippen LogP contribution is 2.43. The number of carbonyl (C=O) groups excluding carboxylic acids is 2. The fourth-order valence-corrected chi connectivity index (χ4v) is 5.28. The molecule has 2 saturated carbocycles. The first kappa shape index (κ1) is 28.8. The molecule has 2 amide bonds. The van der Waals surface area contributed by atoms with Gasteiger partial charge in [-0.3, -0.25) is 9.59 Å². The highest BCUT2D eigenvalue weighted by atomic mass is 19.4. The van der Waals surface area contributed by atoms with E-state index in [0.29, 0.717) is 22.6 Å². The Labute approximate surface area is 232 Å². The number of nitrogens with one attached hydrogen (secondary N) is 2. The average Bonchev–Trinajstić information content (AvgIpc) is 3.66. The van der Waals surface area contributed by atoms with Crippen molar-refractivity contribution in [1.29, 1.82) is 0 Å². The van der Waals surface area contributed by atoms with Crippen molar-refractivity contribution in [1.82, 2.24) is 35.4 Å². The maximum atomic E-state index is 14.0. The van der Waals surface area contributed by atoms with Gasteiger partial charge in [0.1, 0.15) is 0 Å². The molecule has 14 heteroatoms. The topological polar surface area (TPSA) is 114 Å². The van der Waals surface area contributed by atoms with Gasteiger partial charge in [0.2, 0.25) is 11.8 Å². The molecule has 2 fully saturated rings. The number of amides is 2. The first-order chi connectivity index (χ1) is 19.4. The van der Waals surface area contributed by atoms with E-state index < -0.39 is 48.8 Å². The van der Waals surface area contributed by atoms with Crippen molar-refractivity contribution in [3.8, 4) is 0 Å². The van der Waals surface area contributed by atoms with E-state index in [-0.39, 0.29) is 43.1 Å². The Hall–Kier alpha value is -3.71. The third kappa shape index (κ3) is 7.33. The van der Waals surface area contributed by atoms with Crippen molar-refractivity contribution < 1.29 is 31.5 Å². The lowest BCUT2D eigenvalue weighted by molar-refractivity contribution is -0.144. The summed E-state index contributed by atoms with van der Waals surface area (Å²) in [6, 6.07) is 2.09. The van der Waals surface area contributed by atoms with Crippen molar-refractivity contribution in [2.45, 2.75) is 82.5 Å². The lowest BCUT2D eigenvalue weighted by Gasteiger charge is -2.33. The van der Waals surface area contributed by atoms with Crippen LogP contribution >= 0.6 is 0 Å². The number of nitrogens with zero attached hydrogens (tertiary/aromatic N) is 5. The summed E-state index contributed by atoms with van der Waals surface area (Å²) in [5.74, 6) is -4.11. The van der Waals surface area contributed by atoms with E-state index in [4.69, 9.17) is 0 Å². The molecule has 0 radical (unpaired) electrons. The van der Waals surface area contributed by atoms with Gasteiger partial charge in [-0.2, -0.15) is 28.5 Å². The van der Waals surface area contributed by atoms with Crippen molar-refractivity contribution in [2.75, 3.05) is 0 Å². The minimum Gasteiger partial charge on any atom is -0.349 e. The number of aryl methyl sites for hydroxylation is 1. The second kappa shape index (κ2) is 11.3. The summed E-state index contributed by atoms with van der Waals surface area (Å²) in [7, 11) is 0. The quantitative estimate of drug-likeness (QED) is 0.344. The van der Waals surface area contributed by atoms with E-state index in [0.717, 1.165) is 12.8 Å². The Morgan fingerprint density at radius 3 is 2.41 bits per heavy atom. The number of hydrogen-bond donors (Lipinski definition) is 2. The van der Waals surface area contributed by atoms with Crippen LogP contribution in [0.2, 0.25) is 0 Å². The normalized spacial score (nSPS) is 19.1. The minimum absolute atomic E-state index is 0.0805. The second-order valence-electron chi connectivity index (χ2n) is 11.0. The van der Waals surface area contributed by atoms with Gasteiger partial charge in [0.15, 0.2) is 5.65 Å². The molecular weight excluding hydrogens is 549 g/mol. The monoisotopic (exact) mass is 579 g/mol. The zero-order valence-corrected chi connectivity index (χ0v) is 22.3. The molecule has 0 aliphatic heterocycles. The molecule has 5 rings (SSSR count). The number of carbonyl (C=O) groups is 2. The van der Waals surface area contributed by atoms with Crippen LogP contribution in [-0.2, 0) is 4.79 Å². The summed E-state index contributed by atoms with van der Waals surface area (Å²) in [5.41, 5.74) is 2.27. The van der Waals surface area contributed by atoms with Gasteiger partial charge in [0.05, 0.1) is 54.0 Å². The van der Waals surface area contributed by atoms with Crippen LogP contribution in [0.25, 0.3) is 5.65 Å². The summed E-state index contributed by atoms with van der Waals surface area (Å²) in [6.07, 6.45) is -0.392. The predicted octanol–water partition coefficient (Wildman–Crippen LogP) is 5.03. The predicted molar refractivity (Wildman–Crippen MR) is 136 cm³/mol. The standard InChI is InChI=1S/C27H30F5N7O2/c1-15-10-19(12-33-38-15)25(41)37-24(17-4-7-26(28,29)8-5-17)20-14-39-21(35-20)11-18(13-34-39)23(16-2-3-16)36-22(40)6-9-27(30,31)32/h10-14,16-17,23-24H,2-9H2,1H3,(H,36,40)(H,37,41)/t23-,24+/m1/s1. The van der Waals surface area contributed by atoms with Crippen LogP contribution in [-0.4, -0.2) is 48.7 Å². The molecule has 0 unspecified atom stereocenters. The zero-order valence-electron chi connectivity index (χ0n) is 22.3. The molecule has 0 aromatic carbocycles. The minimum atomic E-state index is -4.42. The first-order valence-corrected chi connectivity index (χ1v) is 13.6. The van der Waals surface area contributed by atoms with Gasteiger partial charge in [-0.25, -0.2) is 18.3 Å². The molecule has 0 saturated heterocycles. The molecule has 2 aliphatic carbocycles. The van der Waals surface area contributed by atoms with Crippen molar-refractivity contribution in [3.63, 3.8) is 0 Å². The van der Waals surface area contributed by atoms with Crippen LogP contribution < -0.4 is 10.6 Å². The summed E-state index contributed by atoms with van der Waals surface area (Å²) in [6.45, 7) is 1.70. The van der Waals surface area contributed by atoms with Crippen LogP contribution in [0.3, 0.4) is 0 Å². The SMILES string of the molecule is Cc1cc(C(=O)N[C@H](c2cn3ncc([C@H](NC(=O)CCC(F)(F)F)C4CC4)cc3n2)C2CCC(F)(F)CC2)cnn1. The summed E-state index contributed by atoms with van der Waals surface area (Å²) >= 11 is 0. The molecule has 2 aliphatic rings. The number of rotatable bonds is 9. The maximum absolute atomic E-state index is 14.0. The Morgan fingerprint density at radius 1 is 1.05 bits per heavy atom. The number of hydrogen-bond acceptors (Lipinski definition) is 6. The lowest BCUT2D eigenvalue weighted by Crippen LogP contribution is -2.37. The summed E-state index contributed by atoms with van der Waals surface area (Å²) in [4.78, 5) is 30.1. The second-order valence-corrected chi connectivity index (χ2v) is 11.0. The van der Waals surface area contributed by atoms with Gasteiger partial charge in [0.25, 0.3) is 5.91 Å². The molecule has 9 nitrogen and oxygen atoms in total. The van der Waals surface area contributed by atoms with E-state index in [1.54, 1.807) is 25.3 Å². The smallest absolute Gasteiger partial charge is 0.349 e. The van der Waals surface area contributed by atoms with Gasteiger partial charge in [-0.1, -0.05) is 0 Å². The number of halogens is 5. The van der Waals surface area contributed by atoms with Crippen molar-refractivity contribution in [2.24, 2.45) is 11.8 Å². The van der Waals surface area contributed by atoms with Gasteiger partial charge in [-0.05, 0) is 62.1 Å². The van der Waals surface area contributed by atoms with E-state index in [9.17, 15) is 31.5 Å². The first-order valence-electron chi connectivity index (χ1n) is 13.6. The van der Waals surface area contributed by atoms with E-state index in [2.05, 4.69) is 30.9 Å². The Kier molecular flexibility index (Phi) is 7.93. The van der Waals surface area contributed by atoms with E-state index in [1.165, 1.54) is 16.9 Å². The van der Waals surface area contributed by atoms with Gasteiger partial charge in [-0.15, -0.1) is 0 Å². The molecule has 3 heterocycles. The van der Waals surface area contributed by atoms with Gasteiger partial charge in [0, 0.05) is 19.3 Å². The van der Waals surface area contributed by atoms with Crippen LogP contribution in [0.5, 0.6) is 0 Å². The highest BCUT2D eigenvalue weighted by Gasteiger charge is 2.40. The lowest BCUT2D eigenvalue weighted by atomic mass is 9.81. The molecule has 2 atom stereocenters. The highest BCUT2D eigenvalue weighted by molar-refractivity contribution is 5.94. The molecule has 0 bridgehead atoms. The maximum Gasteiger partial charge on any atom is 0.389 e. The molecule has 2 N–H and O–H groups in total. The molecule has 41 heavy (non-hydrogen) atoms. The van der Waals surface area contributed by atoms with Crippen molar-refractivity contribution in [3.05, 3.63) is 53.2 Å². The molecule has 220 valence electrons. The fraction of sp³-hybridized carbons (Fsp3) is 0.556. The summed E-state index contributed by atoms with van der Waals surface area (Å²) in [5, 5.41) is 17.7. The van der Waals surface area contributed by atoms with Gasteiger partial charge >= 0.3 is 6.18 Å². The molecule has 3 aromatic heterocycles. The van der Waals surface area contributed by atoms with Crippen LogP contribution in [0, 0.1) is 18.8 Å². The molecule has 3 aromatic rings. The Morgan fingerprint density at radius 2 is 1.76 bits per heavy atom. The summed E-state index contributed by atoms with van der Waals surface area (Å²) < 4.78 is 67.1. The average molecular weight is 580 g/mol. The Balaban J connectivity index is 1.39. The van der Waals surface area contributed by atoms with E-state index >= 15 is 0 Å². The number of aromatic nitrogens is 5.